The van der Waals surface area contributed by atoms with E-state index in [4.69, 9.17) is 0 Å². The fraction of sp³-hybridized carbons (Fsp3) is 0.0625. The lowest BCUT2D eigenvalue weighted by molar-refractivity contribution is -0.145. The lowest BCUT2D eigenvalue weighted by atomic mass is 10.2. The van der Waals surface area contributed by atoms with Crippen LogP contribution < -0.4 is 0 Å². The van der Waals surface area contributed by atoms with Crippen molar-refractivity contribution in [2.75, 3.05) is 0 Å². The molecular weight excluding hydrogens is 319 g/mol. The van der Waals surface area contributed by atoms with Crippen molar-refractivity contribution in [1.29, 1.82) is 0 Å². The van der Waals surface area contributed by atoms with E-state index in [1.165, 1.54) is 12.4 Å². The minimum absolute atomic E-state index is 0.162. The molecule has 0 unspecified atom stereocenters. The zero-order valence-electron chi connectivity index (χ0n) is 12.1. The molecule has 0 atom stereocenters. The summed E-state index contributed by atoms with van der Waals surface area (Å²) < 4.78 is 41.2. The van der Waals surface area contributed by atoms with Crippen LogP contribution in [0.1, 0.15) is 5.82 Å². The van der Waals surface area contributed by atoms with Crippen LogP contribution in [0.15, 0.2) is 55.0 Å². The number of nitrogens with one attached hydrogen (secondary N) is 1. The Morgan fingerprint density at radius 3 is 2.67 bits per heavy atom. The number of aromatic amines is 1. The Bertz CT molecular complexity index is 1000. The molecule has 0 aliphatic heterocycles. The first kappa shape index (κ1) is 14.4. The van der Waals surface area contributed by atoms with Gasteiger partial charge in [-0.25, -0.2) is 4.98 Å². The van der Waals surface area contributed by atoms with Crippen molar-refractivity contribution in [3.8, 4) is 17.1 Å². The third kappa shape index (κ3) is 2.41. The number of nitrogens with zero attached hydrogens (tertiary/aromatic N) is 4. The highest BCUT2D eigenvalue weighted by Gasteiger charge is 2.37. The second-order valence-corrected chi connectivity index (χ2v) is 5.17. The zero-order chi connectivity index (χ0) is 16.7. The maximum Gasteiger partial charge on any atom is 0.450 e. The molecule has 0 aliphatic rings. The van der Waals surface area contributed by atoms with E-state index in [0.717, 1.165) is 10.1 Å². The Morgan fingerprint density at radius 1 is 1.04 bits per heavy atom. The molecular formula is C16H10F3N5. The van der Waals surface area contributed by atoms with Crippen molar-refractivity contribution in [2.24, 2.45) is 0 Å². The number of hydrogen-bond donors (Lipinski definition) is 1. The molecule has 0 saturated carbocycles. The summed E-state index contributed by atoms with van der Waals surface area (Å²) in [4.78, 5) is 7.81. The summed E-state index contributed by atoms with van der Waals surface area (Å²) in [5.74, 6) is -0.994. The van der Waals surface area contributed by atoms with E-state index in [2.05, 4.69) is 20.2 Å². The van der Waals surface area contributed by atoms with Crippen LogP contribution in [0.25, 0.3) is 28.0 Å². The maximum absolute atomic E-state index is 13.4. The maximum atomic E-state index is 13.4. The molecule has 1 N–H and O–H groups in total. The summed E-state index contributed by atoms with van der Waals surface area (Å²) in [6.45, 7) is 0. The highest BCUT2D eigenvalue weighted by atomic mass is 19.4. The lowest BCUT2D eigenvalue weighted by Crippen LogP contribution is -2.13. The number of benzene rings is 1. The van der Waals surface area contributed by atoms with Gasteiger partial charge in [-0.15, -0.1) is 0 Å². The molecule has 0 radical (unpaired) electrons. The van der Waals surface area contributed by atoms with Gasteiger partial charge in [0.1, 0.15) is 5.69 Å². The fourth-order valence-electron chi connectivity index (χ4n) is 2.49. The van der Waals surface area contributed by atoms with Gasteiger partial charge in [0.15, 0.2) is 0 Å². The number of halogens is 3. The average molecular weight is 329 g/mol. The van der Waals surface area contributed by atoms with Crippen LogP contribution in [0.4, 0.5) is 13.2 Å². The Labute approximate surface area is 133 Å². The van der Waals surface area contributed by atoms with Gasteiger partial charge < -0.3 is 0 Å². The van der Waals surface area contributed by atoms with Gasteiger partial charge in [0.25, 0.3) is 0 Å². The summed E-state index contributed by atoms with van der Waals surface area (Å²) >= 11 is 0. The van der Waals surface area contributed by atoms with Gasteiger partial charge >= 0.3 is 6.18 Å². The molecule has 4 rings (SSSR count). The van der Waals surface area contributed by atoms with Gasteiger partial charge in [-0.1, -0.05) is 6.07 Å². The molecule has 3 aromatic heterocycles. The molecule has 1 aromatic carbocycles. The third-order valence-electron chi connectivity index (χ3n) is 3.59. The molecule has 120 valence electrons. The normalized spacial score (nSPS) is 12.0. The van der Waals surface area contributed by atoms with Crippen LogP contribution >= 0.6 is 0 Å². The second kappa shape index (κ2) is 5.19. The van der Waals surface area contributed by atoms with E-state index in [-0.39, 0.29) is 5.69 Å². The van der Waals surface area contributed by atoms with Crippen LogP contribution in [-0.4, -0.2) is 24.7 Å². The minimum Gasteiger partial charge on any atom is -0.295 e. The van der Waals surface area contributed by atoms with Crippen molar-refractivity contribution in [3.63, 3.8) is 0 Å². The molecule has 0 amide bonds. The summed E-state index contributed by atoms with van der Waals surface area (Å²) in [6, 6.07) is 9.89. The summed E-state index contributed by atoms with van der Waals surface area (Å²) in [5.41, 5.74) is 1.64. The number of rotatable bonds is 2. The molecule has 3 heterocycles. The van der Waals surface area contributed by atoms with Gasteiger partial charge in [-0.05, 0) is 30.3 Å². The smallest absolute Gasteiger partial charge is 0.295 e. The van der Waals surface area contributed by atoms with E-state index in [1.54, 1.807) is 42.6 Å². The van der Waals surface area contributed by atoms with E-state index in [1.807, 2.05) is 0 Å². The topological polar surface area (TPSA) is 59.4 Å². The molecule has 0 fully saturated rings. The van der Waals surface area contributed by atoms with Crippen LogP contribution in [-0.2, 0) is 6.18 Å². The van der Waals surface area contributed by atoms with Crippen LogP contribution in [0, 0.1) is 0 Å². The first-order chi connectivity index (χ1) is 11.5. The van der Waals surface area contributed by atoms with Gasteiger partial charge in [0, 0.05) is 23.5 Å². The standard InChI is InChI=1S/C16H10F3N5/c17-16(18,19)15-22-14(13-3-1-2-6-20-13)9-24(15)11-4-5-12-10(7-11)8-21-23-12/h1-9H,(H,21,23). The van der Waals surface area contributed by atoms with Gasteiger partial charge in [-0.2, -0.15) is 18.3 Å². The molecule has 0 bridgehead atoms. The van der Waals surface area contributed by atoms with E-state index >= 15 is 0 Å². The number of hydrogen-bond acceptors (Lipinski definition) is 3. The highest BCUT2D eigenvalue weighted by Crippen LogP contribution is 2.33. The Kier molecular flexibility index (Phi) is 3.12. The minimum atomic E-state index is -4.58. The Morgan fingerprint density at radius 2 is 1.92 bits per heavy atom. The van der Waals surface area contributed by atoms with Crippen LogP contribution in [0.3, 0.4) is 0 Å². The predicted molar refractivity (Wildman–Crippen MR) is 81.4 cm³/mol. The SMILES string of the molecule is FC(F)(F)c1nc(-c2ccccn2)cn1-c1ccc2[nH]ncc2c1. The first-order valence-electron chi connectivity index (χ1n) is 7.04. The predicted octanol–water partition coefficient (Wildman–Crippen LogP) is 3.83. The van der Waals surface area contributed by atoms with Crippen LogP contribution in [0.2, 0.25) is 0 Å². The largest absolute Gasteiger partial charge is 0.450 e. The molecule has 4 aromatic rings. The van der Waals surface area contributed by atoms with Gasteiger partial charge in [-0.3, -0.25) is 14.6 Å². The Hall–Kier alpha value is -3.16. The molecule has 5 nitrogen and oxygen atoms in total. The van der Waals surface area contributed by atoms with Gasteiger partial charge in [0.2, 0.25) is 5.82 Å². The van der Waals surface area contributed by atoms with Crippen molar-refractivity contribution in [1.82, 2.24) is 24.7 Å². The molecule has 0 spiro atoms. The van der Waals surface area contributed by atoms with Crippen LogP contribution in [0.5, 0.6) is 0 Å². The third-order valence-corrected chi connectivity index (χ3v) is 3.59. The number of alkyl halides is 3. The monoisotopic (exact) mass is 329 g/mol. The van der Waals surface area contributed by atoms with Crippen molar-refractivity contribution < 1.29 is 13.2 Å². The molecule has 8 heteroatoms. The summed E-state index contributed by atoms with van der Waals surface area (Å²) in [5, 5.41) is 7.36. The number of pyridine rings is 1. The van der Waals surface area contributed by atoms with Gasteiger partial charge in [0.05, 0.1) is 17.4 Å². The van der Waals surface area contributed by atoms with E-state index in [9.17, 15) is 13.2 Å². The number of imidazole rings is 1. The number of aromatic nitrogens is 5. The van der Waals surface area contributed by atoms with E-state index in [0.29, 0.717) is 16.8 Å². The molecule has 0 aliphatic carbocycles. The highest BCUT2D eigenvalue weighted by molar-refractivity contribution is 5.80. The van der Waals surface area contributed by atoms with E-state index < -0.39 is 12.0 Å². The fourth-order valence-corrected chi connectivity index (χ4v) is 2.49. The first-order valence-corrected chi connectivity index (χ1v) is 7.04. The molecule has 24 heavy (non-hydrogen) atoms. The zero-order valence-corrected chi connectivity index (χ0v) is 12.1. The van der Waals surface area contributed by atoms with Crippen molar-refractivity contribution in [2.45, 2.75) is 6.18 Å². The second-order valence-electron chi connectivity index (χ2n) is 5.17. The van der Waals surface area contributed by atoms with Crippen molar-refractivity contribution in [3.05, 3.63) is 60.8 Å². The summed E-state index contributed by atoms with van der Waals surface area (Å²) in [6.07, 6.45) is -0.174. The average Bonchev–Trinajstić information content (AvgIpc) is 3.21. The summed E-state index contributed by atoms with van der Waals surface area (Å²) in [7, 11) is 0. The quantitative estimate of drug-likeness (QED) is 0.608. The number of fused-ring (bicyclic) bond motifs is 1. The number of H-pyrrole nitrogens is 1. The van der Waals surface area contributed by atoms with Crippen molar-refractivity contribution >= 4 is 10.9 Å². The molecule has 0 saturated heterocycles. The lowest BCUT2D eigenvalue weighted by Gasteiger charge is -2.10. The Balaban J connectivity index is 1.91.